The first-order chi connectivity index (χ1) is 1.73. The van der Waals surface area contributed by atoms with Gasteiger partial charge in [-0.05, 0) is 0 Å². The van der Waals surface area contributed by atoms with E-state index in [-0.39, 0.29) is 43.3 Å². The molecule has 0 aromatic rings. The Balaban J connectivity index is -0.0000000450. The molecule has 0 rings (SSSR count). The van der Waals surface area contributed by atoms with E-state index in [0.29, 0.717) is 0 Å². The maximum absolute atomic E-state index is 8.56. The fourth-order valence-electron chi connectivity index (χ4n) is 0. The summed E-state index contributed by atoms with van der Waals surface area (Å²) in [6, 6.07) is 0. The molecule has 0 aliphatic heterocycles. The molecule has 0 aliphatic carbocycles. The van der Waals surface area contributed by atoms with E-state index in [1.54, 1.807) is 0 Å². The Morgan fingerprint density at radius 2 is 1.33 bits per heavy atom. The second-order valence-corrected chi connectivity index (χ2v) is 0.651. The molecule has 6 heteroatoms. The van der Waals surface area contributed by atoms with Crippen LogP contribution in [0, 0.1) is 0 Å². The minimum absolute atomic E-state index is 0. The van der Waals surface area contributed by atoms with E-state index in [9.17, 15) is 0 Å². The van der Waals surface area contributed by atoms with Crippen LogP contribution in [0.4, 0.5) is 0 Å². The van der Waals surface area contributed by atoms with Crippen LogP contribution in [0.15, 0.2) is 0 Å². The zero-order valence-electron chi connectivity index (χ0n) is 2.53. The molecule has 0 bridgehead atoms. The van der Waals surface area contributed by atoms with E-state index in [1.165, 1.54) is 0 Å². The van der Waals surface area contributed by atoms with E-state index in [4.69, 9.17) is 13.0 Å². The summed E-state index contributed by atoms with van der Waals surface area (Å²) in [7, 11) is -2.86. The van der Waals surface area contributed by atoms with Crippen LogP contribution in [0.3, 0.4) is 0 Å². The van der Waals surface area contributed by atoms with Crippen LogP contribution < -0.4 is 0 Å². The van der Waals surface area contributed by atoms with Crippen molar-refractivity contribution in [3.8, 4) is 0 Å². The zero-order valence-corrected chi connectivity index (χ0v) is 6.90. The monoisotopic (exact) mass is 227 g/mol. The van der Waals surface area contributed by atoms with Gasteiger partial charge in [-0.3, -0.25) is 0 Å². The summed E-state index contributed by atoms with van der Waals surface area (Å²) in [5, 5.41) is 0. The molecule has 0 aliphatic rings. The Morgan fingerprint density at radius 1 is 1.33 bits per heavy atom. The Bertz CT molecular complexity index is 59.2. The molecule has 1 N–H and O–H groups in total. The molecule has 0 unspecified atom stereocenters. The van der Waals surface area contributed by atoms with Crippen LogP contribution in [0.5, 0.6) is 0 Å². The van der Waals surface area contributed by atoms with Gasteiger partial charge in [0.15, 0.2) is 0 Å². The average molecular weight is 228 g/mol. The minimum Gasteiger partial charge on any atom is -0.439 e. The third-order valence-electron chi connectivity index (χ3n) is 0. The van der Waals surface area contributed by atoms with Crippen LogP contribution in [0.2, 0.25) is 0 Å². The predicted molar refractivity (Wildman–Crippen MR) is 11.4 cm³/mol. The molecule has 0 heterocycles. The van der Waals surface area contributed by atoms with Crippen molar-refractivity contribution in [3.63, 3.8) is 0 Å². The molecule has 0 fully saturated rings. The molecule has 0 radical (unpaired) electrons. The Morgan fingerprint density at radius 3 is 1.33 bits per heavy atom. The quantitative estimate of drug-likeness (QED) is 0.269. The molecule has 0 saturated heterocycles. The van der Waals surface area contributed by atoms with Crippen LogP contribution in [0.1, 0.15) is 0 Å². The second kappa shape index (κ2) is 9.58. The third-order valence-corrected chi connectivity index (χ3v) is 0. The third kappa shape index (κ3) is 57.3. The molecule has 38 valence electrons. The standard InChI is InChI=1S/Fe.HO3S.Zr/c;1-4(2)3;/h;(H,1,2,3);/q;-1;. The van der Waals surface area contributed by atoms with Gasteiger partial charge in [0.25, 0.3) is 0 Å². The van der Waals surface area contributed by atoms with E-state index in [2.05, 4.69) is 0 Å². The summed E-state index contributed by atoms with van der Waals surface area (Å²) in [4.78, 5) is 0. The van der Waals surface area contributed by atoms with Gasteiger partial charge in [0.05, 0.1) is 0 Å². The summed E-state index contributed by atoms with van der Waals surface area (Å²) in [6.07, 6.45) is 0. The van der Waals surface area contributed by atoms with Gasteiger partial charge in [0.2, 0.25) is 0 Å². The summed E-state index contributed by atoms with van der Waals surface area (Å²) in [5.41, 5.74) is 0. The molecule has 0 aromatic heterocycles. The molecule has 0 aromatic carbocycles. The molecule has 0 saturated carbocycles. The van der Waals surface area contributed by atoms with Crippen molar-refractivity contribution in [1.29, 1.82) is 0 Å². The molecule has 3 nitrogen and oxygen atoms in total. The van der Waals surface area contributed by atoms with Crippen molar-refractivity contribution >= 4 is 11.0 Å². The van der Waals surface area contributed by atoms with Crippen LogP contribution in [-0.2, 0) is 62.7 Å². The predicted octanol–water partition coefficient (Wildman–Crippen LogP) is -0.236. The summed E-state index contributed by atoms with van der Waals surface area (Å²) >= 11 is 0. The van der Waals surface area contributed by atoms with Gasteiger partial charge in [-0.2, -0.15) is 0 Å². The first-order valence-corrected chi connectivity index (χ1v) is 1.55. The molecular formula is HFeO3SZr-. The summed E-state index contributed by atoms with van der Waals surface area (Å²) < 4.78 is 24.1. The van der Waals surface area contributed by atoms with Gasteiger partial charge in [-0.25, -0.2) is 0 Å². The first kappa shape index (κ1) is 15.7. The molecular weight excluding hydrogens is 227 g/mol. The fourth-order valence-corrected chi connectivity index (χ4v) is 0. The van der Waals surface area contributed by atoms with Gasteiger partial charge in [-0.15, -0.1) is 0 Å². The van der Waals surface area contributed by atoms with Gasteiger partial charge in [0, 0.05) is 54.3 Å². The first-order valence-electron chi connectivity index (χ1n) is 0.516. The van der Waals surface area contributed by atoms with Gasteiger partial charge >= 0.3 is 0 Å². The minimum atomic E-state index is -2.86. The Kier molecular flexibility index (Phi) is 25.0. The number of hydrogen-bond acceptors (Lipinski definition) is 3. The second-order valence-electron chi connectivity index (χ2n) is 0.217. The van der Waals surface area contributed by atoms with Crippen molar-refractivity contribution in [3.05, 3.63) is 0 Å². The maximum Gasteiger partial charge on any atom is 0.0495 e. The summed E-state index contributed by atoms with van der Waals surface area (Å²) in [6.45, 7) is 0. The van der Waals surface area contributed by atoms with Crippen LogP contribution in [0.25, 0.3) is 0 Å². The fraction of sp³-hybridized carbons (Fsp3) is 0. The van der Waals surface area contributed by atoms with Crippen molar-refractivity contribution < 1.29 is 56.2 Å². The Hall–Kier alpha value is 1.31. The van der Waals surface area contributed by atoms with Crippen LogP contribution >= 0.6 is 0 Å². The van der Waals surface area contributed by atoms with Crippen molar-refractivity contribution in [2.45, 2.75) is 0 Å². The molecule has 0 spiro atoms. The van der Waals surface area contributed by atoms with Crippen molar-refractivity contribution in [2.75, 3.05) is 0 Å². The van der Waals surface area contributed by atoms with Gasteiger partial charge in [-0.1, -0.05) is 0 Å². The van der Waals surface area contributed by atoms with Crippen molar-refractivity contribution in [1.82, 2.24) is 0 Å². The topological polar surface area (TPSA) is 54.4 Å². The summed E-state index contributed by atoms with van der Waals surface area (Å²) in [5.74, 6) is 0. The number of hydrogen-bond donors (Lipinski definition) is 1. The van der Waals surface area contributed by atoms with Crippen LogP contribution in [-0.4, -0.2) is 4.55 Å². The van der Waals surface area contributed by atoms with Crippen molar-refractivity contribution in [2.24, 2.45) is 0 Å². The van der Waals surface area contributed by atoms with Gasteiger partial charge in [0.1, 0.15) is 0 Å². The SMILES string of the molecule is O=[S-](=O)O.[Fe].[Zr]. The normalized spacial score (nSPS) is 5.67. The number of rotatable bonds is 0. The average Bonchev–Trinajstić information content (AvgIpc) is 0.811. The molecule has 0 amide bonds. The zero-order chi connectivity index (χ0) is 3.58. The smallest absolute Gasteiger partial charge is 0.0495 e. The van der Waals surface area contributed by atoms with E-state index >= 15 is 0 Å². The van der Waals surface area contributed by atoms with Gasteiger partial charge < -0.3 is 13.0 Å². The van der Waals surface area contributed by atoms with E-state index < -0.39 is 11.0 Å². The van der Waals surface area contributed by atoms with E-state index in [1.807, 2.05) is 0 Å². The maximum atomic E-state index is 8.56. The molecule has 6 heavy (non-hydrogen) atoms. The molecule has 0 atom stereocenters. The largest absolute Gasteiger partial charge is 0.439 e. The van der Waals surface area contributed by atoms with E-state index in [0.717, 1.165) is 0 Å². The Labute approximate surface area is 66.9 Å².